The summed E-state index contributed by atoms with van der Waals surface area (Å²) < 4.78 is 14.4. The van der Waals surface area contributed by atoms with Crippen molar-refractivity contribution in [1.82, 2.24) is 0 Å². The second kappa shape index (κ2) is 4.83. The maximum absolute atomic E-state index is 14.4. The first-order valence-electron chi connectivity index (χ1n) is 8.70. The molecule has 3 aliphatic rings. The standard InChI is InChI=1S/C20H25FO2/c1-3-20-9-6-12-10-13(22)4-5-14(12)15(20)7-8-19(2)17(20)11-16(21)18(19)23/h3-5,10,15-18,22-23H,1,6-9,11H2,2H3/t15-,16+,17-,18+,19+,20-/m1/s1. The number of halogens is 1. The van der Waals surface area contributed by atoms with Crippen molar-refractivity contribution in [3.05, 3.63) is 42.0 Å². The Labute approximate surface area is 137 Å². The second-order valence-electron chi connectivity index (χ2n) is 8.05. The Hall–Kier alpha value is -1.35. The van der Waals surface area contributed by atoms with Gasteiger partial charge in [0.15, 0.2) is 0 Å². The molecule has 1 aromatic carbocycles. The van der Waals surface area contributed by atoms with Crippen LogP contribution < -0.4 is 0 Å². The highest BCUT2D eigenvalue weighted by Gasteiger charge is 2.63. The van der Waals surface area contributed by atoms with Crippen LogP contribution in [0, 0.1) is 16.7 Å². The lowest BCUT2D eigenvalue weighted by molar-refractivity contribution is -0.0606. The Balaban J connectivity index is 1.83. The fourth-order valence-electron chi connectivity index (χ4n) is 6.04. The van der Waals surface area contributed by atoms with Crippen molar-refractivity contribution in [3.63, 3.8) is 0 Å². The SMILES string of the molecule is C=C[C@@]12CCc3cc(O)ccc3[C@H]1CC[C@@]1(C)[C@H]2C[C@H](F)[C@@H]1O. The molecule has 0 spiro atoms. The molecule has 0 heterocycles. The molecule has 124 valence electrons. The van der Waals surface area contributed by atoms with Gasteiger partial charge in [0, 0.05) is 5.41 Å². The summed E-state index contributed by atoms with van der Waals surface area (Å²) in [6.07, 6.45) is 4.12. The average molecular weight is 316 g/mol. The molecule has 0 aromatic heterocycles. The topological polar surface area (TPSA) is 40.5 Å². The first-order chi connectivity index (χ1) is 10.9. The van der Waals surface area contributed by atoms with E-state index >= 15 is 0 Å². The van der Waals surface area contributed by atoms with Crippen LogP contribution in [0.4, 0.5) is 4.39 Å². The highest BCUT2D eigenvalue weighted by Crippen LogP contribution is 2.67. The van der Waals surface area contributed by atoms with Crippen LogP contribution in [0.3, 0.4) is 0 Å². The van der Waals surface area contributed by atoms with E-state index in [0.29, 0.717) is 18.1 Å². The minimum absolute atomic E-state index is 0.137. The number of phenolic OH excluding ortho intramolecular Hbond substituents is 1. The number of allylic oxidation sites excluding steroid dienone is 1. The second-order valence-corrected chi connectivity index (χ2v) is 8.05. The molecule has 0 aliphatic heterocycles. The van der Waals surface area contributed by atoms with Crippen LogP contribution in [0.25, 0.3) is 0 Å². The molecular formula is C20H25FO2. The number of phenols is 1. The van der Waals surface area contributed by atoms with Crippen LogP contribution in [0.15, 0.2) is 30.9 Å². The van der Waals surface area contributed by atoms with Crippen molar-refractivity contribution in [2.45, 2.75) is 57.2 Å². The number of aryl methyl sites for hydroxylation is 1. The maximum atomic E-state index is 14.4. The summed E-state index contributed by atoms with van der Waals surface area (Å²) in [5.41, 5.74) is 2.01. The predicted octanol–water partition coefficient (Wildman–Crippen LogP) is 4.11. The number of alkyl halides is 1. The fourth-order valence-corrected chi connectivity index (χ4v) is 6.04. The van der Waals surface area contributed by atoms with Crippen LogP contribution in [-0.2, 0) is 6.42 Å². The molecule has 0 saturated heterocycles. The van der Waals surface area contributed by atoms with Gasteiger partial charge in [-0.1, -0.05) is 19.1 Å². The number of fused-ring (bicyclic) bond motifs is 5. The third-order valence-electron chi connectivity index (χ3n) is 7.25. The monoisotopic (exact) mass is 316 g/mol. The smallest absolute Gasteiger partial charge is 0.127 e. The molecule has 1 aromatic rings. The van der Waals surface area contributed by atoms with E-state index in [9.17, 15) is 14.6 Å². The van der Waals surface area contributed by atoms with Crippen molar-refractivity contribution in [2.24, 2.45) is 16.7 Å². The van der Waals surface area contributed by atoms with Gasteiger partial charge in [0.05, 0.1) is 6.10 Å². The molecule has 0 amide bonds. The Morgan fingerprint density at radius 2 is 2.13 bits per heavy atom. The zero-order chi connectivity index (χ0) is 16.4. The minimum Gasteiger partial charge on any atom is -0.508 e. The van der Waals surface area contributed by atoms with Crippen molar-refractivity contribution in [1.29, 1.82) is 0 Å². The first-order valence-corrected chi connectivity index (χ1v) is 8.70. The first kappa shape index (κ1) is 15.2. The number of benzene rings is 1. The third-order valence-corrected chi connectivity index (χ3v) is 7.25. The number of aliphatic hydroxyl groups excluding tert-OH is 1. The van der Waals surface area contributed by atoms with Crippen molar-refractivity contribution in [3.8, 4) is 5.75 Å². The molecule has 3 aliphatic carbocycles. The Morgan fingerprint density at radius 1 is 1.35 bits per heavy atom. The van der Waals surface area contributed by atoms with E-state index in [4.69, 9.17) is 0 Å². The summed E-state index contributed by atoms with van der Waals surface area (Å²) in [5.74, 6) is 0.772. The molecule has 2 N–H and O–H groups in total. The summed E-state index contributed by atoms with van der Waals surface area (Å²) >= 11 is 0. The van der Waals surface area contributed by atoms with Crippen molar-refractivity contribution in [2.75, 3.05) is 0 Å². The lowest BCUT2D eigenvalue weighted by Gasteiger charge is -2.57. The maximum Gasteiger partial charge on any atom is 0.127 e. The number of hydrogen-bond donors (Lipinski definition) is 2. The molecule has 0 radical (unpaired) electrons. The highest BCUT2D eigenvalue weighted by molar-refractivity contribution is 5.43. The zero-order valence-corrected chi connectivity index (χ0v) is 13.6. The van der Waals surface area contributed by atoms with Crippen LogP contribution in [0.2, 0.25) is 0 Å². The van der Waals surface area contributed by atoms with Crippen LogP contribution in [0.5, 0.6) is 5.75 Å². The molecule has 23 heavy (non-hydrogen) atoms. The Morgan fingerprint density at radius 3 is 2.87 bits per heavy atom. The van der Waals surface area contributed by atoms with Gasteiger partial charge in [-0.15, -0.1) is 6.58 Å². The van der Waals surface area contributed by atoms with Gasteiger partial charge in [-0.2, -0.15) is 0 Å². The molecular weight excluding hydrogens is 291 g/mol. The molecule has 2 fully saturated rings. The highest BCUT2D eigenvalue weighted by atomic mass is 19.1. The molecule has 0 unspecified atom stereocenters. The van der Waals surface area contributed by atoms with E-state index in [1.807, 2.05) is 12.1 Å². The van der Waals surface area contributed by atoms with Crippen LogP contribution >= 0.6 is 0 Å². The summed E-state index contributed by atoms with van der Waals surface area (Å²) in [4.78, 5) is 0. The molecule has 2 saturated carbocycles. The summed E-state index contributed by atoms with van der Waals surface area (Å²) in [7, 11) is 0. The minimum atomic E-state index is -1.12. The summed E-state index contributed by atoms with van der Waals surface area (Å²) in [6.45, 7) is 6.20. The molecule has 2 nitrogen and oxygen atoms in total. The Kier molecular flexibility index (Phi) is 3.19. The van der Waals surface area contributed by atoms with Gasteiger partial charge in [0.25, 0.3) is 0 Å². The van der Waals surface area contributed by atoms with Gasteiger partial charge in [-0.25, -0.2) is 4.39 Å². The predicted molar refractivity (Wildman–Crippen MR) is 88.1 cm³/mol. The summed E-state index contributed by atoms with van der Waals surface area (Å²) in [5, 5.41) is 20.2. The van der Waals surface area contributed by atoms with E-state index in [-0.39, 0.29) is 16.7 Å². The number of aliphatic hydroxyl groups is 1. The van der Waals surface area contributed by atoms with Crippen LogP contribution in [-0.4, -0.2) is 22.5 Å². The zero-order valence-electron chi connectivity index (χ0n) is 13.6. The fraction of sp³-hybridized carbons (Fsp3) is 0.600. The van der Waals surface area contributed by atoms with E-state index in [2.05, 4.69) is 19.6 Å². The largest absolute Gasteiger partial charge is 0.508 e. The van der Waals surface area contributed by atoms with E-state index < -0.39 is 12.3 Å². The normalized spacial score (nSPS) is 45.0. The number of aromatic hydroxyl groups is 1. The van der Waals surface area contributed by atoms with Gasteiger partial charge in [-0.05, 0) is 72.6 Å². The number of hydrogen-bond acceptors (Lipinski definition) is 2. The molecule has 4 rings (SSSR count). The van der Waals surface area contributed by atoms with Gasteiger partial charge in [0.2, 0.25) is 0 Å². The summed E-state index contributed by atoms with van der Waals surface area (Å²) in [6, 6.07) is 5.67. The van der Waals surface area contributed by atoms with Gasteiger partial charge in [0.1, 0.15) is 11.9 Å². The van der Waals surface area contributed by atoms with E-state index in [1.165, 1.54) is 11.1 Å². The number of rotatable bonds is 1. The third kappa shape index (κ3) is 1.83. The van der Waals surface area contributed by atoms with E-state index in [0.717, 1.165) is 25.7 Å². The quantitative estimate of drug-likeness (QED) is 0.765. The molecule has 0 bridgehead atoms. The molecule has 6 atom stereocenters. The van der Waals surface area contributed by atoms with Gasteiger partial charge < -0.3 is 10.2 Å². The van der Waals surface area contributed by atoms with Crippen molar-refractivity contribution < 1.29 is 14.6 Å². The van der Waals surface area contributed by atoms with Crippen molar-refractivity contribution >= 4 is 0 Å². The van der Waals surface area contributed by atoms with Gasteiger partial charge >= 0.3 is 0 Å². The lowest BCUT2D eigenvalue weighted by atomic mass is 9.47. The average Bonchev–Trinajstić information content (AvgIpc) is 2.78. The Bertz CT molecular complexity index is 657. The molecule has 3 heteroatoms. The lowest BCUT2D eigenvalue weighted by Crippen LogP contribution is -2.50. The van der Waals surface area contributed by atoms with E-state index in [1.54, 1.807) is 6.07 Å². The van der Waals surface area contributed by atoms with Gasteiger partial charge in [-0.3, -0.25) is 0 Å². The van der Waals surface area contributed by atoms with Crippen LogP contribution in [0.1, 0.15) is 49.7 Å².